The molecule has 4 heteroatoms. The predicted molar refractivity (Wildman–Crippen MR) is 138 cm³/mol. The molecule has 174 valence electrons. The first kappa shape index (κ1) is 22.3. The van der Waals surface area contributed by atoms with Crippen LogP contribution in [0.1, 0.15) is 48.6 Å². The van der Waals surface area contributed by atoms with Gasteiger partial charge in [-0.3, -0.25) is 4.90 Å². The third-order valence-electron chi connectivity index (χ3n) is 6.86. The van der Waals surface area contributed by atoms with Crippen molar-refractivity contribution in [3.63, 3.8) is 0 Å². The van der Waals surface area contributed by atoms with Crippen molar-refractivity contribution in [1.29, 1.82) is 0 Å². The summed E-state index contributed by atoms with van der Waals surface area (Å²) in [6.07, 6.45) is 5.41. The van der Waals surface area contributed by atoms with Crippen molar-refractivity contribution < 1.29 is 14.9 Å². The summed E-state index contributed by atoms with van der Waals surface area (Å²) >= 11 is 0. The molecule has 0 bridgehead atoms. The summed E-state index contributed by atoms with van der Waals surface area (Å²) in [6.45, 7) is 7.73. The Morgan fingerprint density at radius 1 is 1.00 bits per heavy atom. The Bertz CT molecular complexity index is 1240. The van der Waals surface area contributed by atoms with E-state index in [1.54, 1.807) is 24.3 Å². The van der Waals surface area contributed by atoms with Crippen LogP contribution in [-0.2, 0) is 0 Å². The Morgan fingerprint density at radius 3 is 2.53 bits per heavy atom. The zero-order chi connectivity index (χ0) is 23.7. The number of nitrogens with zero attached hydrogens (tertiary/aromatic N) is 1. The molecule has 2 aliphatic heterocycles. The van der Waals surface area contributed by atoms with E-state index in [0.717, 1.165) is 51.6 Å². The monoisotopic (exact) mass is 453 g/mol. The first-order valence-corrected chi connectivity index (χ1v) is 12.0. The molecule has 2 N–H and O–H groups in total. The number of allylic oxidation sites excluding steroid dienone is 1. The second kappa shape index (κ2) is 9.40. The molecule has 0 spiro atoms. The summed E-state index contributed by atoms with van der Waals surface area (Å²) in [5.74, 6) is 1.96. The first-order chi connectivity index (χ1) is 16.5. The summed E-state index contributed by atoms with van der Waals surface area (Å²) in [6, 6.07) is 20.9. The molecule has 1 saturated heterocycles. The molecule has 2 atom stereocenters. The van der Waals surface area contributed by atoms with Crippen molar-refractivity contribution >= 4 is 17.2 Å². The van der Waals surface area contributed by atoms with E-state index < -0.39 is 0 Å². The minimum absolute atomic E-state index is 0.204. The standard InChI is InChI=1S/C30H31NO3/c1-20-14-16-31(19-20)15-4-5-22-8-10-23(11-9-22)30-29(24-6-3-7-25(32)17-24)21(2)27-18-26(33)12-13-28(27)34-30/h3-13,17-18,20,30,32-33H,14-16,19H2,1-2H3/b5-4-/t20-,30?/m1/s1. The highest BCUT2D eigenvalue weighted by atomic mass is 16.5. The quantitative estimate of drug-likeness (QED) is 0.462. The molecule has 3 aromatic carbocycles. The average Bonchev–Trinajstić information content (AvgIpc) is 3.25. The van der Waals surface area contributed by atoms with Gasteiger partial charge in [-0.05, 0) is 78.4 Å². The lowest BCUT2D eigenvalue weighted by molar-refractivity contribution is 0.259. The van der Waals surface area contributed by atoms with Gasteiger partial charge in [0, 0.05) is 24.2 Å². The first-order valence-electron chi connectivity index (χ1n) is 12.0. The molecule has 0 saturated carbocycles. The van der Waals surface area contributed by atoms with Gasteiger partial charge in [-0.2, -0.15) is 0 Å². The van der Waals surface area contributed by atoms with Gasteiger partial charge >= 0.3 is 0 Å². The van der Waals surface area contributed by atoms with E-state index in [0.29, 0.717) is 0 Å². The van der Waals surface area contributed by atoms with Crippen LogP contribution in [0.15, 0.2) is 72.8 Å². The maximum absolute atomic E-state index is 10.1. The Balaban J connectivity index is 1.44. The number of fused-ring (bicyclic) bond motifs is 1. The summed E-state index contributed by atoms with van der Waals surface area (Å²) in [4.78, 5) is 2.50. The molecule has 2 heterocycles. The highest BCUT2D eigenvalue weighted by Gasteiger charge is 2.29. The van der Waals surface area contributed by atoms with Gasteiger partial charge < -0.3 is 14.9 Å². The lowest BCUT2D eigenvalue weighted by Gasteiger charge is -2.31. The molecule has 1 fully saturated rings. The number of phenolic OH excluding ortho intramolecular Hbond substituents is 2. The number of phenols is 2. The Morgan fingerprint density at radius 2 is 1.79 bits per heavy atom. The molecular weight excluding hydrogens is 422 g/mol. The number of hydrogen-bond acceptors (Lipinski definition) is 4. The highest BCUT2D eigenvalue weighted by molar-refractivity contribution is 5.95. The smallest absolute Gasteiger partial charge is 0.150 e. The minimum atomic E-state index is -0.317. The van der Waals surface area contributed by atoms with Crippen LogP contribution in [0, 0.1) is 5.92 Å². The second-order valence-corrected chi connectivity index (χ2v) is 9.49. The van der Waals surface area contributed by atoms with Crippen molar-refractivity contribution in [1.82, 2.24) is 4.90 Å². The predicted octanol–water partition coefficient (Wildman–Crippen LogP) is 6.52. The van der Waals surface area contributed by atoms with E-state index in [2.05, 4.69) is 48.2 Å². The van der Waals surface area contributed by atoms with Crippen LogP contribution in [0.2, 0.25) is 0 Å². The van der Waals surface area contributed by atoms with Gasteiger partial charge in [0.05, 0.1) is 0 Å². The van der Waals surface area contributed by atoms with Crippen molar-refractivity contribution in [3.8, 4) is 17.2 Å². The molecule has 0 amide bonds. The van der Waals surface area contributed by atoms with Crippen LogP contribution in [0.3, 0.4) is 0 Å². The van der Waals surface area contributed by atoms with Crippen molar-refractivity contribution in [2.45, 2.75) is 26.4 Å². The molecule has 4 nitrogen and oxygen atoms in total. The zero-order valence-electron chi connectivity index (χ0n) is 19.7. The second-order valence-electron chi connectivity index (χ2n) is 9.49. The Hall–Kier alpha value is -3.50. The molecule has 34 heavy (non-hydrogen) atoms. The number of hydrogen-bond donors (Lipinski definition) is 2. The molecule has 0 aromatic heterocycles. The lowest BCUT2D eigenvalue weighted by atomic mass is 9.86. The van der Waals surface area contributed by atoms with Crippen molar-refractivity contribution in [3.05, 3.63) is 95.1 Å². The van der Waals surface area contributed by atoms with Crippen LogP contribution in [0.25, 0.3) is 17.2 Å². The maximum atomic E-state index is 10.1. The fourth-order valence-electron chi connectivity index (χ4n) is 5.03. The van der Waals surface area contributed by atoms with Crippen LogP contribution in [0.5, 0.6) is 17.2 Å². The van der Waals surface area contributed by atoms with Crippen molar-refractivity contribution in [2.24, 2.45) is 5.92 Å². The molecule has 2 aliphatic rings. The summed E-state index contributed by atoms with van der Waals surface area (Å²) in [5.41, 5.74) is 5.99. The van der Waals surface area contributed by atoms with E-state index in [1.807, 2.05) is 25.1 Å². The SMILES string of the molecule is CC1=C(c2cccc(O)c2)C(c2ccc(/C=C\CN3CC[C@@H](C)C3)cc2)Oc2ccc(O)cc21. The van der Waals surface area contributed by atoms with Crippen molar-refractivity contribution in [2.75, 3.05) is 19.6 Å². The fraction of sp³-hybridized carbons (Fsp3) is 0.267. The van der Waals surface area contributed by atoms with E-state index >= 15 is 0 Å². The van der Waals surface area contributed by atoms with Crippen LogP contribution in [-0.4, -0.2) is 34.7 Å². The number of benzene rings is 3. The summed E-state index contributed by atoms with van der Waals surface area (Å²) in [5, 5.41) is 20.2. The maximum Gasteiger partial charge on any atom is 0.150 e. The third-order valence-corrected chi connectivity index (χ3v) is 6.86. The van der Waals surface area contributed by atoms with Gasteiger partial charge in [0.2, 0.25) is 0 Å². The van der Waals surface area contributed by atoms with Crippen LogP contribution >= 0.6 is 0 Å². The van der Waals surface area contributed by atoms with Crippen LogP contribution in [0.4, 0.5) is 0 Å². The topological polar surface area (TPSA) is 52.9 Å². The lowest BCUT2D eigenvalue weighted by Crippen LogP contribution is -2.19. The highest BCUT2D eigenvalue weighted by Crippen LogP contribution is 2.47. The van der Waals surface area contributed by atoms with Gasteiger partial charge in [-0.15, -0.1) is 0 Å². The van der Waals surface area contributed by atoms with Gasteiger partial charge in [0.15, 0.2) is 0 Å². The summed E-state index contributed by atoms with van der Waals surface area (Å²) in [7, 11) is 0. The average molecular weight is 454 g/mol. The van der Waals surface area contributed by atoms with Gasteiger partial charge in [0.1, 0.15) is 23.4 Å². The molecular formula is C30H31NO3. The molecule has 5 rings (SSSR count). The summed E-state index contributed by atoms with van der Waals surface area (Å²) < 4.78 is 6.47. The normalized spacial score (nSPS) is 20.5. The molecule has 1 unspecified atom stereocenters. The molecule has 3 aromatic rings. The van der Waals surface area contributed by atoms with Gasteiger partial charge in [-0.1, -0.05) is 55.5 Å². The largest absolute Gasteiger partial charge is 0.508 e. The van der Waals surface area contributed by atoms with Gasteiger partial charge in [0.25, 0.3) is 0 Å². The fourth-order valence-corrected chi connectivity index (χ4v) is 5.03. The number of rotatable bonds is 5. The van der Waals surface area contributed by atoms with E-state index in [1.165, 1.54) is 19.5 Å². The Labute approximate surface area is 201 Å². The molecule has 0 aliphatic carbocycles. The van der Waals surface area contributed by atoms with Gasteiger partial charge in [-0.25, -0.2) is 0 Å². The van der Waals surface area contributed by atoms with E-state index in [4.69, 9.17) is 4.74 Å². The Kier molecular flexibility index (Phi) is 6.16. The number of aromatic hydroxyl groups is 2. The minimum Gasteiger partial charge on any atom is -0.508 e. The van der Waals surface area contributed by atoms with E-state index in [-0.39, 0.29) is 17.6 Å². The third kappa shape index (κ3) is 4.59. The van der Waals surface area contributed by atoms with E-state index in [9.17, 15) is 10.2 Å². The number of likely N-dealkylation sites (tertiary alicyclic amines) is 1. The van der Waals surface area contributed by atoms with Crippen LogP contribution < -0.4 is 4.74 Å². The number of ether oxygens (including phenoxy) is 1. The molecule has 0 radical (unpaired) electrons. The zero-order valence-corrected chi connectivity index (χ0v) is 19.7.